The van der Waals surface area contributed by atoms with Gasteiger partial charge in [-0.25, -0.2) is 9.48 Å². The lowest BCUT2D eigenvalue weighted by Crippen LogP contribution is -2.29. The molecule has 2 amide bonds. The van der Waals surface area contributed by atoms with Crippen LogP contribution in [0.1, 0.15) is 12.5 Å². The Kier molecular flexibility index (Phi) is 8.00. The number of aromatic nitrogens is 3. The van der Waals surface area contributed by atoms with E-state index in [0.29, 0.717) is 18.7 Å². The lowest BCUT2D eigenvalue weighted by atomic mass is 10.00. The van der Waals surface area contributed by atoms with Gasteiger partial charge in [0.05, 0.1) is 21.4 Å². The predicted molar refractivity (Wildman–Crippen MR) is 143 cm³/mol. The molecule has 2 aromatic heterocycles. The van der Waals surface area contributed by atoms with E-state index < -0.39 is 11.6 Å². The summed E-state index contributed by atoms with van der Waals surface area (Å²) in [7, 11) is 0. The zero-order valence-corrected chi connectivity index (χ0v) is 20.8. The van der Waals surface area contributed by atoms with Crippen molar-refractivity contribution in [3.05, 3.63) is 93.0 Å². The molecule has 4 aromatic rings. The van der Waals surface area contributed by atoms with Crippen LogP contribution in [0.25, 0.3) is 22.4 Å². The van der Waals surface area contributed by atoms with Gasteiger partial charge in [0, 0.05) is 31.1 Å². The van der Waals surface area contributed by atoms with Gasteiger partial charge in [0.25, 0.3) is 5.56 Å². The standard InChI is InChI=1S/C26H23Cl2N5O3/c1-2-33-25(35)23(30-26(36)31-24-20(27)14-29-15-21(24)28)13-22(32-33)19-5-3-4-18(12-19)17-8-6-16(7-9-17)10-11-34/h3-9,12-15,34H,2,10-11H2,1H3,(H2,29,30,31,36). The third kappa shape index (κ3) is 5.73. The molecule has 0 atom stereocenters. The van der Waals surface area contributed by atoms with Gasteiger partial charge in [-0.15, -0.1) is 0 Å². The van der Waals surface area contributed by atoms with Crippen LogP contribution in [-0.2, 0) is 13.0 Å². The summed E-state index contributed by atoms with van der Waals surface area (Å²) < 4.78 is 1.29. The summed E-state index contributed by atoms with van der Waals surface area (Å²) in [5.74, 6) is 0. The van der Waals surface area contributed by atoms with Gasteiger partial charge in [0.1, 0.15) is 5.69 Å². The molecule has 0 radical (unpaired) electrons. The highest BCUT2D eigenvalue weighted by molar-refractivity contribution is 6.39. The minimum atomic E-state index is -0.682. The second kappa shape index (κ2) is 11.3. The molecule has 0 fully saturated rings. The van der Waals surface area contributed by atoms with Crippen molar-refractivity contribution in [2.45, 2.75) is 19.9 Å². The molecule has 0 aliphatic carbocycles. The van der Waals surface area contributed by atoms with Crippen molar-refractivity contribution >= 4 is 40.6 Å². The minimum absolute atomic E-state index is 0.0550. The maximum atomic E-state index is 12.9. The third-order valence-electron chi connectivity index (χ3n) is 5.46. The van der Waals surface area contributed by atoms with Crippen LogP contribution >= 0.6 is 23.2 Å². The number of urea groups is 1. The molecule has 0 saturated heterocycles. The van der Waals surface area contributed by atoms with Crippen LogP contribution in [0.3, 0.4) is 0 Å². The number of aliphatic hydroxyl groups excluding tert-OH is 1. The number of amides is 2. The average Bonchev–Trinajstić information content (AvgIpc) is 2.88. The molecule has 0 aliphatic rings. The smallest absolute Gasteiger partial charge is 0.323 e. The maximum Gasteiger partial charge on any atom is 0.323 e. The molecule has 3 N–H and O–H groups in total. The van der Waals surface area contributed by atoms with Gasteiger partial charge in [-0.2, -0.15) is 5.10 Å². The Bertz CT molecular complexity index is 1430. The van der Waals surface area contributed by atoms with Gasteiger partial charge >= 0.3 is 6.03 Å². The van der Waals surface area contributed by atoms with E-state index in [9.17, 15) is 9.59 Å². The van der Waals surface area contributed by atoms with Crippen LogP contribution in [0.5, 0.6) is 0 Å². The first-order chi connectivity index (χ1) is 17.4. The molecule has 36 heavy (non-hydrogen) atoms. The molecule has 184 valence electrons. The van der Waals surface area contributed by atoms with Crippen molar-refractivity contribution in [3.63, 3.8) is 0 Å². The number of benzene rings is 2. The van der Waals surface area contributed by atoms with Crippen molar-refractivity contribution in [1.29, 1.82) is 0 Å². The second-order valence-corrected chi connectivity index (χ2v) is 8.69. The van der Waals surface area contributed by atoms with Gasteiger partial charge in [-0.05, 0) is 42.2 Å². The number of carbonyl (C=O) groups excluding carboxylic acids is 1. The van der Waals surface area contributed by atoms with E-state index in [0.717, 1.165) is 22.3 Å². The molecule has 0 aliphatic heterocycles. The summed E-state index contributed by atoms with van der Waals surface area (Å²) in [4.78, 5) is 29.4. The molecule has 0 saturated carbocycles. The Morgan fingerprint density at radius 1 is 0.972 bits per heavy atom. The topological polar surface area (TPSA) is 109 Å². The summed E-state index contributed by atoms with van der Waals surface area (Å²) in [5.41, 5.74) is 4.12. The third-order valence-corrected chi connectivity index (χ3v) is 6.03. The fourth-order valence-corrected chi connectivity index (χ4v) is 4.09. The van der Waals surface area contributed by atoms with Crippen LogP contribution in [0, 0.1) is 0 Å². The summed E-state index contributed by atoms with van der Waals surface area (Å²) in [5, 5.41) is 19.1. The number of nitrogens with one attached hydrogen (secondary N) is 2. The Balaban J connectivity index is 1.64. The maximum absolute atomic E-state index is 12.9. The number of halogens is 2. The number of carbonyl (C=O) groups is 1. The highest BCUT2D eigenvalue weighted by Gasteiger charge is 2.15. The van der Waals surface area contributed by atoms with Crippen molar-refractivity contribution < 1.29 is 9.90 Å². The van der Waals surface area contributed by atoms with Crippen molar-refractivity contribution in [1.82, 2.24) is 14.8 Å². The minimum Gasteiger partial charge on any atom is -0.396 e. The van der Waals surface area contributed by atoms with Crippen molar-refractivity contribution in [2.75, 3.05) is 17.2 Å². The first kappa shape index (κ1) is 25.4. The van der Waals surface area contributed by atoms with Gasteiger partial charge in [-0.3, -0.25) is 9.78 Å². The van der Waals surface area contributed by atoms with E-state index in [1.54, 1.807) is 6.92 Å². The molecular weight excluding hydrogens is 501 g/mol. The van der Waals surface area contributed by atoms with Crippen molar-refractivity contribution in [2.24, 2.45) is 0 Å². The van der Waals surface area contributed by atoms with Crippen molar-refractivity contribution in [3.8, 4) is 22.4 Å². The predicted octanol–water partition coefficient (Wildman–Crippen LogP) is 5.48. The van der Waals surface area contributed by atoms with Gasteiger partial charge < -0.3 is 15.7 Å². The zero-order chi connectivity index (χ0) is 25.7. The van der Waals surface area contributed by atoms with E-state index in [1.807, 2.05) is 48.5 Å². The van der Waals surface area contributed by atoms with Crippen LogP contribution < -0.4 is 16.2 Å². The van der Waals surface area contributed by atoms with Crippen LogP contribution in [0.2, 0.25) is 10.0 Å². The molecule has 0 spiro atoms. The summed E-state index contributed by atoms with van der Waals surface area (Å²) in [6.45, 7) is 2.21. The first-order valence-electron chi connectivity index (χ1n) is 11.2. The molecule has 4 rings (SSSR count). The number of anilines is 2. The monoisotopic (exact) mass is 523 g/mol. The molecule has 8 nitrogen and oxygen atoms in total. The van der Waals surface area contributed by atoms with Crippen LogP contribution in [0.4, 0.5) is 16.2 Å². The first-order valence-corrected chi connectivity index (χ1v) is 11.9. The van der Waals surface area contributed by atoms with E-state index in [2.05, 4.69) is 20.7 Å². The van der Waals surface area contributed by atoms with Gasteiger partial charge in [-0.1, -0.05) is 65.7 Å². The number of nitrogens with zero attached hydrogens (tertiary/aromatic N) is 3. The normalized spacial score (nSPS) is 10.8. The lowest BCUT2D eigenvalue weighted by Gasteiger charge is -2.13. The quantitative estimate of drug-likeness (QED) is 0.297. The van der Waals surface area contributed by atoms with E-state index in [1.165, 1.54) is 23.1 Å². The largest absolute Gasteiger partial charge is 0.396 e. The number of pyridine rings is 1. The molecular formula is C26H23Cl2N5O3. The fourth-order valence-electron chi connectivity index (χ4n) is 3.64. The average molecular weight is 524 g/mol. The van der Waals surface area contributed by atoms with E-state index in [4.69, 9.17) is 28.3 Å². The Morgan fingerprint density at radius 2 is 1.67 bits per heavy atom. The summed E-state index contributed by atoms with van der Waals surface area (Å²) in [6, 6.07) is 16.6. The number of hydrogen-bond donors (Lipinski definition) is 3. The Hall–Kier alpha value is -3.72. The molecule has 10 heteroatoms. The van der Waals surface area contributed by atoms with Gasteiger partial charge in [0.2, 0.25) is 0 Å². The second-order valence-electron chi connectivity index (χ2n) is 7.87. The molecule has 0 bridgehead atoms. The highest BCUT2D eigenvalue weighted by Crippen LogP contribution is 2.29. The van der Waals surface area contributed by atoms with Gasteiger partial charge in [0.15, 0.2) is 0 Å². The number of aryl methyl sites for hydroxylation is 1. The zero-order valence-electron chi connectivity index (χ0n) is 19.3. The number of rotatable bonds is 7. The van der Waals surface area contributed by atoms with E-state index in [-0.39, 0.29) is 28.0 Å². The number of aliphatic hydroxyl groups is 1. The van der Waals surface area contributed by atoms with E-state index >= 15 is 0 Å². The SMILES string of the molecule is CCn1nc(-c2cccc(-c3ccc(CCO)cc3)c2)cc(NC(=O)Nc2c(Cl)cncc2Cl)c1=O. The highest BCUT2D eigenvalue weighted by atomic mass is 35.5. The van der Waals surface area contributed by atoms with Crippen LogP contribution in [-0.4, -0.2) is 32.5 Å². The Labute approximate surface area is 217 Å². The van der Waals surface area contributed by atoms with Crippen LogP contribution in [0.15, 0.2) is 71.8 Å². The summed E-state index contributed by atoms with van der Waals surface area (Å²) >= 11 is 12.1. The lowest BCUT2D eigenvalue weighted by molar-refractivity contribution is 0.262. The summed E-state index contributed by atoms with van der Waals surface area (Å²) in [6.07, 6.45) is 3.31. The fraction of sp³-hybridized carbons (Fsp3) is 0.154. The number of hydrogen-bond acceptors (Lipinski definition) is 5. The molecule has 2 heterocycles. The molecule has 0 unspecified atom stereocenters. The Morgan fingerprint density at radius 3 is 2.33 bits per heavy atom. The molecule has 2 aromatic carbocycles.